The number of carbonyl (C=O) groups excluding carboxylic acids is 4. The fraction of sp³-hybridized carbons (Fsp3) is 0.944. The smallest absolute Gasteiger partial charge is 0.311 e. The van der Waals surface area contributed by atoms with Gasteiger partial charge in [0.2, 0.25) is 0 Å². The maximum Gasteiger partial charge on any atom is 0.311 e. The molecule has 6 fully saturated rings. The Balaban J connectivity index is 0.000000357. The van der Waals surface area contributed by atoms with E-state index < -0.39 is 204 Å². The zero-order chi connectivity index (χ0) is 75.2. The number of ether oxygens (including phenoxy) is 12. The first kappa shape index (κ1) is 87.1. The summed E-state index contributed by atoms with van der Waals surface area (Å²) in [5.41, 5.74) is -5.55. The first-order chi connectivity index (χ1) is 45.8. The molecule has 0 saturated carbocycles. The Hall–Kier alpha value is -2.56. The van der Waals surface area contributed by atoms with Gasteiger partial charge in [-0.25, -0.2) is 0 Å². The third-order valence-corrected chi connectivity index (χ3v) is 22.7. The summed E-state index contributed by atoms with van der Waals surface area (Å²) in [4.78, 5) is 58.9. The van der Waals surface area contributed by atoms with E-state index in [2.05, 4.69) is 0 Å². The fourth-order valence-electron chi connectivity index (χ4n) is 16.0. The van der Waals surface area contributed by atoms with E-state index in [1.54, 1.807) is 90.0 Å². The highest BCUT2D eigenvalue weighted by Gasteiger charge is 2.55. The van der Waals surface area contributed by atoms with Crippen molar-refractivity contribution in [2.45, 2.75) is 346 Å². The maximum absolute atomic E-state index is 13.9. The molecule has 6 aliphatic rings. The molecular formula is C72H130N2O25. The normalized spacial score (nSPS) is 48.6. The van der Waals surface area contributed by atoms with E-state index >= 15 is 0 Å². The number of likely N-dealkylation sites (N-methyl/N-ethyl adjacent to an activating group) is 2. The lowest BCUT2D eigenvalue weighted by molar-refractivity contribution is -0.318. The molecule has 0 aliphatic carbocycles. The molecule has 578 valence electrons. The summed E-state index contributed by atoms with van der Waals surface area (Å²) in [6.45, 7) is 30.6. The molecule has 6 aliphatic heterocycles. The van der Waals surface area contributed by atoms with Crippen LogP contribution in [-0.4, -0.2) is 285 Å². The Morgan fingerprint density at radius 2 is 0.838 bits per heavy atom. The van der Waals surface area contributed by atoms with Gasteiger partial charge in [0, 0.05) is 81.1 Å². The number of carbonyl (C=O) groups is 4. The van der Waals surface area contributed by atoms with Gasteiger partial charge < -0.3 is 113 Å². The minimum atomic E-state index is -1.78. The van der Waals surface area contributed by atoms with Crippen molar-refractivity contribution in [2.24, 2.45) is 47.3 Å². The van der Waals surface area contributed by atoms with Gasteiger partial charge in [0.1, 0.15) is 54.3 Å². The molecule has 6 unspecified atom stereocenters. The number of hydrogen-bond acceptors (Lipinski definition) is 27. The lowest BCUT2D eigenvalue weighted by Crippen LogP contribution is -2.60. The van der Waals surface area contributed by atoms with Crippen molar-refractivity contribution >= 4 is 23.5 Å². The molecular weight excluding hydrogens is 1290 g/mol. The summed E-state index contributed by atoms with van der Waals surface area (Å²) in [5.74, 6) is -8.86. The molecule has 0 aromatic carbocycles. The summed E-state index contributed by atoms with van der Waals surface area (Å²) < 4.78 is 74.0. The van der Waals surface area contributed by atoms with Crippen molar-refractivity contribution in [3.63, 3.8) is 0 Å². The van der Waals surface area contributed by atoms with Crippen LogP contribution in [0.4, 0.5) is 0 Å². The zero-order valence-corrected chi connectivity index (χ0v) is 63.7. The van der Waals surface area contributed by atoms with Crippen LogP contribution in [0.1, 0.15) is 182 Å². The van der Waals surface area contributed by atoms with Crippen LogP contribution in [-0.2, 0) is 76.0 Å². The van der Waals surface area contributed by atoms with E-state index in [-0.39, 0.29) is 68.6 Å². The monoisotopic (exact) mass is 1420 g/mol. The van der Waals surface area contributed by atoms with Crippen LogP contribution < -0.4 is 0 Å². The van der Waals surface area contributed by atoms with E-state index in [0.717, 1.165) is 0 Å². The van der Waals surface area contributed by atoms with E-state index in [1.165, 1.54) is 28.1 Å². The number of nitrogens with zero attached hydrogens (tertiary/aromatic N) is 2. The van der Waals surface area contributed by atoms with Crippen molar-refractivity contribution in [1.82, 2.24) is 9.80 Å². The standard InChI is InChI=1S/C36H65NO13.C36H65NO12/c1-13-24-29(41)27(39)19(4)26(38)17(2)15-35(8,44)32(50-34-28(40)23(37(10)11)14-18(3)46-34)20(5)30(21(6)33(43)48-24)49-25-16-36(9,45-12)31(42)22(7)47-25;1-13-24-15-26(38)20(4)28(39)18(2)16-35(8,43)32(49-34-29(40)25(37(10)11)14-19(3)45-34)21(5)30(22(6)33(42)47-24)48-27-17-36(9,44-12)31(41)23(7)46-27/h17-25,27-32,34,39-42,44H,13-16H2,1-12H3;18-27,29-32,34,38,40-41,43H,13-17H2,1-12H3/t17-,18-,19+,20+,21-,22+,23+,24-,25?,27-,28-,29-,30+,31?,32-,34?,35-,36-;18-,19-,20-,21+,22-,23+,24-,25+,26+,27?,29-,30+,31?,32-,34?,35-,36-/m11/s1. The second-order valence-corrected chi connectivity index (χ2v) is 31.6. The number of hydrogen-bond donors (Lipinski definition) is 9. The molecule has 6 heterocycles. The summed E-state index contributed by atoms with van der Waals surface area (Å²) >= 11 is 0. The third-order valence-electron chi connectivity index (χ3n) is 22.7. The number of aliphatic hydroxyl groups is 9. The van der Waals surface area contributed by atoms with Crippen molar-refractivity contribution in [3.8, 4) is 0 Å². The molecule has 0 radical (unpaired) electrons. The van der Waals surface area contributed by atoms with E-state index in [0.29, 0.717) is 19.3 Å². The predicted molar refractivity (Wildman–Crippen MR) is 362 cm³/mol. The number of Topliss-reactive ketones (excluding diaryl/α,β-unsaturated/α-hetero) is 2. The van der Waals surface area contributed by atoms with Crippen molar-refractivity contribution in [2.75, 3.05) is 42.4 Å². The van der Waals surface area contributed by atoms with Crippen molar-refractivity contribution in [1.29, 1.82) is 0 Å². The van der Waals surface area contributed by atoms with Crippen LogP contribution in [0.25, 0.3) is 0 Å². The molecule has 0 aromatic rings. The summed E-state index contributed by atoms with van der Waals surface area (Å²) in [5, 5.41) is 102. The van der Waals surface area contributed by atoms with Gasteiger partial charge in [0.25, 0.3) is 0 Å². The topological polar surface area (TPSA) is 368 Å². The number of rotatable bonds is 14. The average Bonchev–Trinajstić information content (AvgIpc) is 0.800. The minimum Gasteiger partial charge on any atom is -0.462 e. The molecule has 0 bridgehead atoms. The zero-order valence-electron chi connectivity index (χ0n) is 63.7. The molecule has 27 nitrogen and oxygen atoms in total. The molecule has 0 aromatic heterocycles. The summed E-state index contributed by atoms with van der Waals surface area (Å²) in [7, 11) is 10.4. The highest BCUT2D eigenvalue weighted by molar-refractivity contribution is 5.84. The molecule has 35 atom stereocenters. The SMILES string of the molecule is CC[C@@H]1C[C@H](O)[C@@H](C)C(=O)[C@H](C)C[C@@](C)(O)[C@H](OC2O[C@H](C)C[C@H](N(C)C)[C@H]2O)[C@@H](C)[C@H](OC2C[C@@](C)(OC)C(O)[C@H](C)O2)[C@@H](C)C(=O)O1.CC[C@H]1OC(=O)[C@H](C)[C@@H](OC2C[C@@](C)(OC)C(O)[C@H](C)O2)[C@H](C)[C@@H](OC2O[C@H](C)C[C@H](N(C)C)[C@H]2O)[C@](C)(O)C[C@@H](C)C(=O)[C@H](C)[C@@H](O)[C@@H]1O. The van der Waals surface area contributed by atoms with Gasteiger partial charge in [0.15, 0.2) is 25.2 Å². The number of aliphatic hydroxyl groups excluding tert-OH is 7. The largest absolute Gasteiger partial charge is 0.462 e. The predicted octanol–water partition coefficient (Wildman–Crippen LogP) is 3.82. The highest BCUT2D eigenvalue weighted by atomic mass is 16.7. The fourth-order valence-corrected chi connectivity index (χ4v) is 16.0. The summed E-state index contributed by atoms with van der Waals surface area (Å²) in [6, 6.07) is -0.614. The Kier molecular flexibility index (Phi) is 31.8. The highest BCUT2D eigenvalue weighted by Crippen LogP contribution is 2.43. The van der Waals surface area contributed by atoms with E-state index in [9.17, 15) is 65.1 Å². The van der Waals surface area contributed by atoms with Gasteiger partial charge in [-0.3, -0.25) is 19.2 Å². The first-order valence-corrected chi connectivity index (χ1v) is 36.1. The van der Waals surface area contributed by atoms with Crippen LogP contribution in [0, 0.1) is 47.3 Å². The van der Waals surface area contributed by atoms with E-state index in [1.807, 2.05) is 58.8 Å². The molecule has 9 N–H and O–H groups in total. The van der Waals surface area contributed by atoms with Crippen LogP contribution in [0.2, 0.25) is 0 Å². The van der Waals surface area contributed by atoms with Crippen LogP contribution in [0.5, 0.6) is 0 Å². The number of ketones is 2. The lowest BCUT2D eigenvalue weighted by atomic mass is 9.75. The number of esters is 2. The molecule has 6 rings (SSSR count). The van der Waals surface area contributed by atoms with Gasteiger partial charge >= 0.3 is 11.9 Å². The molecule has 0 spiro atoms. The summed E-state index contributed by atoms with van der Waals surface area (Å²) in [6.07, 6.45) is -18.8. The van der Waals surface area contributed by atoms with Gasteiger partial charge in [-0.1, -0.05) is 55.4 Å². The number of methoxy groups -OCH3 is 2. The van der Waals surface area contributed by atoms with Crippen LogP contribution in [0.15, 0.2) is 0 Å². The maximum atomic E-state index is 13.9. The van der Waals surface area contributed by atoms with Gasteiger partial charge in [-0.05, 0) is 136 Å². The van der Waals surface area contributed by atoms with Gasteiger partial charge in [-0.2, -0.15) is 0 Å². The second kappa shape index (κ2) is 36.2. The van der Waals surface area contributed by atoms with Gasteiger partial charge in [-0.15, -0.1) is 0 Å². The Labute approximate surface area is 588 Å². The average molecular weight is 1420 g/mol. The van der Waals surface area contributed by atoms with Crippen LogP contribution >= 0.6 is 0 Å². The van der Waals surface area contributed by atoms with E-state index in [4.69, 9.17) is 56.8 Å². The molecule has 0 amide bonds. The Bertz CT molecular complexity index is 2550. The van der Waals surface area contributed by atoms with Crippen LogP contribution in [0.3, 0.4) is 0 Å². The Morgan fingerprint density at radius 1 is 0.465 bits per heavy atom. The third kappa shape index (κ3) is 20.9. The quantitative estimate of drug-likeness (QED) is 0.112. The minimum absolute atomic E-state index is 0.0406. The van der Waals surface area contributed by atoms with Gasteiger partial charge in [0.05, 0.1) is 95.3 Å². The second-order valence-electron chi connectivity index (χ2n) is 31.6. The van der Waals surface area contributed by atoms with Crippen molar-refractivity contribution in [3.05, 3.63) is 0 Å². The Morgan fingerprint density at radius 3 is 1.19 bits per heavy atom. The lowest BCUT2D eigenvalue weighted by Gasteiger charge is -2.49. The first-order valence-electron chi connectivity index (χ1n) is 36.1. The number of cyclic esters (lactones) is 2. The van der Waals surface area contributed by atoms with Crippen molar-refractivity contribution < 1.29 is 122 Å². The molecule has 27 heteroatoms. The molecule has 99 heavy (non-hydrogen) atoms. The molecule has 6 saturated heterocycles.